The highest BCUT2D eigenvalue weighted by molar-refractivity contribution is 7.11. The third kappa shape index (κ3) is 3.77. The molecule has 104 valence electrons. The van der Waals surface area contributed by atoms with E-state index in [-0.39, 0.29) is 11.5 Å². The summed E-state index contributed by atoms with van der Waals surface area (Å²) in [5, 5.41) is 1.19. The van der Waals surface area contributed by atoms with Gasteiger partial charge in [-0.15, -0.1) is 11.3 Å². The Balaban J connectivity index is 3.03. The van der Waals surface area contributed by atoms with Crippen molar-refractivity contribution in [1.29, 1.82) is 0 Å². The predicted octanol–water partition coefficient (Wildman–Crippen LogP) is 3.30. The van der Waals surface area contributed by atoms with Crippen molar-refractivity contribution in [1.82, 2.24) is 9.88 Å². The summed E-state index contributed by atoms with van der Waals surface area (Å²) in [5.41, 5.74) is 7.32. The molecule has 0 radical (unpaired) electrons. The molecule has 0 spiro atoms. The van der Waals surface area contributed by atoms with Crippen LogP contribution in [0, 0.1) is 0 Å². The minimum absolute atomic E-state index is 0.0704. The van der Waals surface area contributed by atoms with Crippen molar-refractivity contribution < 1.29 is 0 Å². The lowest BCUT2D eigenvalue weighted by Crippen LogP contribution is -2.22. The maximum atomic E-state index is 6.08. The van der Waals surface area contributed by atoms with Crippen LogP contribution in [0.25, 0.3) is 0 Å². The molecule has 0 saturated carbocycles. The van der Waals surface area contributed by atoms with Gasteiger partial charge in [-0.1, -0.05) is 34.6 Å². The molecule has 1 rings (SSSR count). The lowest BCUT2D eigenvalue weighted by molar-refractivity contribution is 0.295. The normalized spacial score (nSPS) is 14.2. The number of rotatable bonds is 5. The summed E-state index contributed by atoms with van der Waals surface area (Å²) in [6.07, 6.45) is 0. The number of nitrogens with zero attached hydrogens (tertiary/aromatic N) is 2. The van der Waals surface area contributed by atoms with E-state index in [4.69, 9.17) is 10.7 Å². The van der Waals surface area contributed by atoms with Crippen LogP contribution in [0.4, 0.5) is 0 Å². The summed E-state index contributed by atoms with van der Waals surface area (Å²) >= 11 is 1.78. The second kappa shape index (κ2) is 6.13. The van der Waals surface area contributed by atoms with Gasteiger partial charge in [0.2, 0.25) is 0 Å². The van der Waals surface area contributed by atoms with Crippen LogP contribution in [-0.4, -0.2) is 23.0 Å². The van der Waals surface area contributed by atoms with Gasteiger partial charge in [0.1, 0.15) is 5.01 Å². The van der Waals surface area contributed by atoms with Crippen molar-refractivity contribution in [3.63, 3.8) is 0 Å². The summed E-state index contributed by atoms with van der Waals surface area (Å²) < 4.78 is 0. The first-order chi connectivity index (χ1) is 8.29. The fraction of sp³-hybridized carbons (Fsp3) is 0.786. The van der Waals surface area contributed by atoms with Crippen LogP contribution in [0.5, 0.6) is 0 Å². The molecule has 0 fully saturated rings. The Kier molecular flexibility index (Phi) is 5.32. The molecular weight excluding hydrogens is 242 g/mol. The van der Waals surface area contributed by atoms with E-state index >= 15 is 0 Å². The fourth-order valence-electron chi connectivity index (χ4n) is 1.93. The second-order valence-corrected chi connectivity index (χ2v) is 6.94. The SMILES string of the molecule is CCN(CC)Cc1nc(C(C)(C)C)c(C(C)N)s1. The minimum Gasteiger partial charge on any atom is -0.323 e. The molecule has 1 heterocycles. The number of aromatic nitrogens is 1. The average molecular weight is 269 g/mol. The van der Waals surface area contributed by atoms with E-state index in [1.807, 2.05) is 6.92 Å². The molecule has 0 bridgehead atoms. The van der Waals surface area contributed by atoms with Crippen LogP contribution in [-0.2, 0) is 12.0 Å². The lowest BCUT2D eigenvalue weighted by atomic mass is 9.90. The number of hydrogen-bond acceptors (Lipinski definition) is 4. The van der Waals surface area contributed by atoms with Gasteiger partial charge in [-0.3, -0.25) is 4.90 Å². The van der Waals surface area contributed by atoms with Crippen molar-refractivity contribution in [2.75, 3.05) is 13.1 Å². The van der Waals surface area contributed by atoms with Gasteiger partial charge >= 0.3 is 0 Å². The number of nitrogens with two attached hydrogens (primary N) is 1. The summed E-state index contributed by atoms with van der Waals surface area (Å²) in [6.45, 7) is 16.1. The van der Waals surface area contributed by atoms with E-state index in [1.165, 1.54) is 15.6 Å². The maximum absolute atomic E-state index is 6.08. The van der Waals surface area contributed by atoms with Gasteiger partial charge in [-0.05, 0) is 20.0 Å². The zero-order valence-electron chi connectivity index (χ0n) is 12.6. The van der Waals surface area contributed by atoms with Crippen LogP contribution in [0.15, 0.2) is 0 Å². The Morgan fingerprint density at radius 2 is 1.83 bits per heavy atom. The molecule has 1 aromatic heterocycles. The highest BCUT2D eigenvalue weighted by Gasteiger charge is 2.25. The Labute approximate surface area is 115 Å². The van der Waals surface area contributed by atoms with Crippen molar-refractivity contribution in [3.8, 4) is 0 Å². The molecule has 1 aromatic rings. The molecule has 0 aromatic carbocycles. The summed E-state index contributed by atoms with van der Waals surface area (Å²) in [6, 6.07) is 0.0715. The Bertz CT molecular complexity index is 373. The van der Waals surface area contributed by atoms with Crippen molar-refractivity contribution in [2.24, 2.45) is 5.73 Å². The molecule has 0 amide bonds. The van der Waals surface area contributed by atoms with E-state index < -0.39 is 0 Å². The molecule has 0 aliphatic carbocycles. The van der Waals surface area contributed by atoms with Crippen LogP contribution >= 0.6 is 11.3 Å². The first-order valence-electron chi connectivity index (χ1n) is 6.77. The molecule has 2 N–H and O–H groups in total. The molecule has 3 nitrogen and oxygen atoms in total. The Morgan fingerprint density at radius 3 is 2.17 bits per heavy atom. The highest BCUT2D eigenvalue weighted by Crippen LogP contribution is 2.33. The standard InChI is InChI=1S/C14H27N3S/c1-7-17(8-2)9-11-16-13(14(4,5)6)12(18-11)10(3)15/h10H,7-9,15H2,1-6H3. The van der Waals surface area contributed by atoms with Gasteiger partial charge in [0.15, 0.2) is 0 Å². The first-order valence-corrected chi connectivity index (χ1v) is 7.59. The van der Waals surface area contributed by atoms with Gasteiger partial charge in [-0.25, -0.2) is 4.98 Å². The first kappa shape index (κ1) is 15.6. The van der Waals surface area contributed by atoms with E-state index in [9.17, 15) is 0 Å². The number of hydrogen-bond donors (Lipinski definition) is 1. The minimum atomic E-state index is 0.0704. The number of thiazole rings is 1. The fourth-order valence-corrected chi connectivity index (χ4v) is 3.20. The Hall–Kier alpha value is -0.450. The van der Waals surface area contributed by atoms with Crippen LogP contribution in [0.1, 0.15) is 63.2 Å². The van der Waals surface area contributed by atoms with Crippen molar-refractivity contribution >= 4 is 11.3 Å². The predicted molar refractivity (Wildman–Crippen MR) is 80.0 cm³/mol. The largest absolute Gasteiger partial charge is 0.323 e. The topological polar surface area (TPSA) is 42.2 Å². The molecule has 4 heteroatoms. The van der Waals surface area contributed by atoms with Gasteiger partial charge < -0.3 is 5.73 Å². The molecule has 0 saturated heterocycles. The summed E-state index contributed by atoms with van der Waals surface area (Å²) in [4.78, 5) is 8.46. The molecule has 0 aliphatic heterocycles. The monoisotopic (exact) mass is 269 g/mol. The average Bonchev–Trinajstić information content (AvgIpc) is 2.69. The van der Waals surface area contributed by atoms with Gasteiger partial charge in [0.25, 0.3) is 0 Å². The lowest BCUT2D eigenvalue weighted by Gasteiger charge is -2.19. The van der Waals surface area contributed by atoms with E-state index in [0.29, 0.717) is 0 Å². The van der Waals surface area contributed by atoms with E-state index in [0.717, 1.165) is 19.6 Å². The van der Waals surface area contributed by atoms with Crippen LogP contribution in [0.3, 0.4) is 0 Å². The molecular formula is C14H27N3S. The van der Waals surface area contributed by atoms with Gasteiger partial charge in [0.05, 0.1) is 12.2 Å². The molecule has 1 unspecified atom stereocenters. The summed E-state index contributed by atoms with van der Waals surface area (Å²) in [7, 11) is 0. The third-order valence-corrected chi connectivity index (χ3v) is 4.32. The second-order valence-electron chi connectivity index (χ2n) is 5.82. The smallest absolute Gasteiger partial charge is 0.107 e. The van der Waals surface area contributed by atoms with Crippen molar-refractivity contribution in [2.45, 2.75) is 59.5 Å². The van der Waals surface area contributed by atoms with Gasteiger partial charge in [0, 0.05) is 16.3 Å². The highest BCUT2D eigenvalue weighted by atomic mass is 32.1. The van der Waals surface area contributed by atoms with Crippen LogP contribution < -0.4 is 5.73 Å². The maximum Gasteiger partial charge on any atom is 0.107 e. The molecule has 0 aliphatic rings. The Morgan fingerprint density at radius 1 is 1.28 bits per heavy atom. The zero-order valence-corrected chi connectivity index (χ0v) is 13.4. The van der Waals surface area contributed by atoms with Crippen LogP contribution in [0.2, 0.25) is 0 Å². The molecule has 18 heavy (non-hydrogen) atoms. The third-order valence-electron chi connectivity index (χ3n) is 3.07. The quantitative estimate of drug-likeness (QED) is 0.892. The summed E-state index contributed by atoms with van der Waals surface area (Å²) in [5.74, 6) is 0. The van der Waals surface area contributed by atoms with E-state index in [1.54, 1.807) is 11.3 Å². The molecule has 1 atom stereocenters. The van der Waals surface area contributed by atoms with Gasteiger partial charge in [-0.2, -0.15) is 0 Å². The zero-order chi connectivity index (χ0) is 13.9. The van der Waals surface area contributed by atoms with Crippen molar-refractivity contribution in [3.05, 3.63) is 15.6 Å². The van der Waals surface area contributed by atoms with E-state index in [2.05, 4.69) is 39.5 Å².